The zero-order valence-electron chi connectivity index (χ0n) is 16.3. The monoisotopic (exact) mass is 441 g/mol. The molecule has 0 atom stereocenters. The summed E-state index contributed by atoms with van der Waals surface area (Å²) in [5.41, 5.74) is 2.35. The predicted molar refractivity (Wildman–Crippen MR) is 111 cm³/mol. The van der Waals surface area contributed by atoms with E-state index in [0.717, 1.165) is 12.3 Å². The first-order chi connectivity index (χ1) is 15.3. The number of amidine groups is 1. The number of para-hydroxylation sites is 1. The van der Waals surface area contributed by atoms with Gasteiger partial charge >= 0.3 is 6.18 Å². The van der Waals surface area contributed by atoms with Crippen LogP contribution >= 0.6 is 0 Å². The van der Waals surface area contributed by atoms with Crippen LogP contribution in [0.2, 0.25) is 0 Å². The van der Waals surface area contributed by atoms with Crippen molar-refractivity contribution >= 4 is 23.1 Å². The molecule has 4 rings (SSSR count). The van der Waals surface area contributed by atoms with Crippen LogP contribution in [0.4, 0.5) is 23.2 Å². The van der Waals surface area contributed by atoms with Crippen LogP contribution < -0.4 is 10.8 Å². The maximum absolute atomic E-state index is 13.7. The number of aliphatic imine (C=N–C) groups is 1. The Kier molecular flexibility index (Phi) is 5.63. The van der Waals surface area contributed by atoms with Crippen LogP contribution in [-0.4, -0.2) is 11.7 Å². The molecular formula is C23H15F4N3O2. The van der Waals surface area contributed by atoms with E-state index in [1.165, 1.54) is 48.5 Å². The Balaban J connectivity index is 1.56. The van der Waals surface area contributed by atoms with Gasteiger partial charge in [-0.3, -0.25) is 4.79 Å². The third kappa shape index (κ3) is 4.46. The second-order valence-corrected chi connectivity index (χ2v) is 6.74. The molecule has 3 aromatic carbocycles. The van der Waals surface area contributed by atoms with E-state index in [4.69, 9.17) is 4.84 Å². The Hall–Kier alpha value is -4.14. The van der Waals surface area contributed by atoms with E-state index in [1.54, 1.807) is 18.2 Å². The molecule has 0 radical (unpaired) electrons. The second-order valence-electron chi connectivity index (χ2n) is 6.74. The Morgan fingerprint density at radius 3 is 2.34 bits per heavy atom. The summed E-state index contributed by atoms with van der Waals surface area (Å²) in [6, 6.07) is 16.9. The highest BCUT2D eigenvalue weighted by atomic mass is 19.4. The highest BCUT2D eigenvalue weighted by Crippen LogP contribution is 2.35. The maximum atomic E-state index is 13.7. The quantitative estimate of drug-likeness (QED) is 0.535. The van der Waals surface area contributed by atoms with E-state index in [9.17, 15) is 22.4 Å². The molecule has 0 unspecified atom stereocenters. The van der Waals surface area contributed by atoms with Crippen LogP contribution in [0.15, 0.2) is 84.1 Å². The number of alkyl halides is 3. The topological polar surface area (TPSA) is 62.7 Å². The molecule has 0 spiro atoms. The van der Waals surface area contributed by atoms with Gasteiger partial charge in [0.1, 0.15) is 17.8 Å². The molecule has 32 heavy (non-hydrogen) atoms. The average molecular weight is 441 g/mol. The lowest BCUT2D eigenvalue weighted by Gasteiger charge is -2.18. The van der Waals surface area contributed by atoms with Gasteiger partial charge in [-0.15, -0.1) is 0 Å². The molecule has 0 saturated carbocycles. The molecule has 2 N–H and O–H groups in total. The van der Waals surface area contributed by atoms with E-state index in [-0.39, 0.29) is 28.3 Å². The molecular weight excluding hydrogens is 426 g/mol. The van der Waals surface area contributed by atoms with Crippen LogP contribution in [0.1, 0.15) is 27.0 Å². The maximum Gasteiger partial charge on any atom is 0.417 e. The van der Waals surface area contributed by atoms with E-state index in [1.807, 2.05) is 0 Å². The number of hydrogen-bond donors (Lipinski definition) is 2. The molecule has 162 valence electrons. The summed E-state index contributed by atoms with van der Waals surface area (Å²) in [4.78, 5) is 21.7. The summed E-state index contributed by atoms with van der Waals surface area (Å²) in [7, 11) is 0. The Bertz CT molecular complexity index is 1220. The molecule has 1 amide bonds. The van der Waals surface area contributed by atoms with Crippen molar-refractivity contribution in [3.63, 3.8) is 0 Å². The Morgan fingerprint density at radius 2 is 1.62 bits per heavy atom. The smallest absolute Gasteiger partial charge is 0.386 e. The van der Waals surface area contributed by atoms with Crippen molar-refractivity contribution in [2.45, 2.75) is 6.18 Å². The van der Waals surface area contributed by atoms with Crippen molar-refractivity contribution < 1.29 is 27.2 Å². The fourth-order valence-corrected chi connectivity index (χ4v) is 3.05. The lowest BCUT2D eigenvalue weighted by atomic mass is 10.0. The van der Waals surface area contributed by atoms with E-state index in [2.05, 4.69) is 15.8 Å². The van der Waals surface area contributed by atoms with Gasteiger partial charge in [-0.2, -0.15) is 13.2 Å². The second kappa shape index (κ2) is 8.54. The van der Waals surface area contributed by atoms with Crippen LogP contribution in [-0.2, 0) is 11.0 Å². The number of halogens is 4. The number of anilines is 1. The Morgan fingerprint density at radius 1 is 0.938 bits per heavy atom. The van der Waals surface area contributed by atoms with Gasteiger partial charge in [-0.1, -0.05) is 42.5 Å². The third-order valence-electron chi connectivity index (χ3n) is 4.61. The lowest BCUT2D eigenvalue weighted by molar-refractivity contribution is -0.137. The summed E-state index contributed by atoms with van der Waals surface area (Å²) in [5.74, 6) is -0.912. The normalized spacial score (nSPS) is 13.4. The minimum atomic E-state index is -4.55. The van der Waals surface area contributed by atoms with Crippen LogP contribution in [0, 0.1) is 5.82 Å². The summed E-state index contributed by atoms with van der Waals surface area (Å²) < 4.78 is 53.7. The number of nitrogens with zero attached hydrogens (tertiary/aromatic N) is 1. The highest BCUT2D eigenvalue weighted by molar-refractivity contribution is 6.06. The molecule has 3 aromatic rings. The van der Waals surface area contributed by atoms with Crippen molar-refractivity contribution in [1.82, 2.24) is 5.48 Å². The number of nitrogens with one attached hydrogen (secondary N) is 2. The highest BCUT2D eigenvalue weighted by Gasteiger charge is 2.34. The third-order valence-corrected chi connectivity index (χ3v) is 4.61. The number of carbonyl (C=O) groups is 1. The first-order valence-corrected chi connectivity index (χ1v) is 9.36. The fourth-order valence-electron chi connectivity index (χ4n) is 3.05. The fraction of sp³-hybridized carbons (Fsp3) is 0.0435. The van der Waals surface area contributed by atoms with Crippen LogP contribution in [0.3, 0.4) is 0 Å². The minimum Gasteiger partial charge on any atom is -0.386 e. The van der Waals surface area contributed by atoms with Gasteiger partial charge < -0.3 is 10.2 Å². The van der Waals surface area contributed by atoms with Gasteiger partial charge in [0.05, 0.1) is 11.3 Å². The predicted octanol–water partition coefficient (Wildman–Crippen LogP) is 5.38. The van der Waals surface area contributed by atoms with Gasteiger partial charge in [0.25, 0.3) is 5.91 Å². The zero-order chi connectivity index (χ0) is 22.7. The number of benzene rings is 3. The first-order valence-electron chi connectivity index (χ1n) is 9.36. The van der Waals surface area contributed by atoms with Crippen molar-refractivity contribution in [2.75, 3.05) is 5.32 Å². The van der Waals surface area contributed by atoms with Crippen molar-refractivity contribution in [2.24, 2.45) is 4.99 Å². The molecule has 0 fully saturated rings. The van der Waals surface area contributed by atoms with E-state index in [0.29, 0.717) is 5.56 Å². The SMILES string of the molecule is O=C(Nc1ccccc1F)c1ccc(C2=NC(c3ccccc3C(F)(F)F)=CON2)cc1. The number of amides is 1. The summed E-state index contributed by atoms with van der Waals surface area (Å²) in [6.07, 6.45) is -3.46. The minimum absolute atomic E-state index is 0.00644. The molecule has 0 aliphatic carbocycles. The van der Waals surface area contributed by atoms with Gasteiger partial charge in [0.15, 0.2) is 5.84 Å². The molecule has 1 heterocycles. The first kappa shape index (κ1) is 21.1. The summed E-state index contributed by atoms with van der Waals surface area (Å²) >= 11 is 0. The van der Waals surface area contributed by atoms with Crippen molar-refractivity contribution in [3.05, 3.63) is 107 Å². The zero-order valence-corrected chi connectivity index (χ0v) is 16.3. The molecule has 9 heteroatoms. The van der Waals surface area contributed by atoms with E-state index >= 15 is 0 Å². The number of hydrogen-bond acceptors (Lipinski definition) is 4. The van der Waals surface area contributed by atoms with Gasteiger partial charge in [0.2, 0.25) is 0 Å². The summed E-state index contributed by atoms with van der Waals surface area (Å²) in [5, 5.41) is 2.47. The average Bonchev–Trinajstić information content (AvgIpc) is 2.80. The van der Waals surface area contributed by atoms with Crippen LogP contribution in [0.5, 0.6) is 0 Å². The molecule has 0 saturated heterocycles. The van der Waals surface area contributed by atoms with Gasteiger partial charge in [-0.05, 0) is 30.3 Å². The van der Waals surface area contributed by atoms with Gasteiger partial charge in [0, 0.05) is 16.7 Å². The molecule has 0 bridgehead atoms. The number of carbonyl (C=O) groups excluding carboxylic acids is 1. The molecule has 5 nitrogen and oxygen atoms in total. The molecule has 1 aliphatic heterocycles. The number of rotatable bonds is 4. The van der Waals surface area contributed by atoms with Crippen LogP contribution in [0.25, 0.3) is 5.70 Å². The standard InChI is InChI=1S/C23H15F4N3O2/c24-18-7-3-4-8-19(18)29-22(31)15-11-9-14(10-12-15)21-28-20(13-32-30-21)16-5-1-2-6-17(16)23(25,26)27/h1-13H,(H,28,30)(H,29,31). The molecule has 0 aromatic heterocycles. The molecule has 1 aliphatic rings. The van der Waals surface area contributed by atoms with Crippen molar-refractivity contribution in [1.29, 1.82) is 0 Å². The largest absolute Gasteiger partial charge is 0.417 e. The Labute approximate surface area is 180 Å². The van der Waals surface area contributed by atoms with Crippen molar-refractivity contribution in [3.8, 4) is 0 Å². The van der Waals surface area contributed by atoms with E-state index < -0.39 is 23.5 Å². The van der Waals surface area contributed by atoms with Gasteiger partial charge in [-0.25, -0.2) is 14.9 Å². The lowest BCUT2D eigenvalue weighted by Crippen LogP contribution is -2.26. The number of hydroxylamine groups is 1. The summed E-state index contributed by atoms with van der Waals surface area (Å²) in [6.45, 7) is 0.